The Hall–Kier alpha value is -3.71. The Morgan fingerprint density at radius 2 is 1.81 bits per heavy atom. The number of aryl methyl sites for hydroxylation is 1. The van der Waals surface area contributed by atoms with E-state index in [1.165, 1.54) is 16.2 Å². The number of nitrogens with one attached hydrogen (secondary N) is 1. The normalized spacial score (nSPS) is 13.1. The average Bonchev–Trinajstić information content (AvgIpc) is 3.08. The molecule has 0 saturated heterocycles. The van der Waals surface area contributed by atoms with Crippen LogP contribution >= 0.6 is 11.3 Å². The lowest BCUT2D eigenvalue weighted by Gasteiger charge is -2.12. The summed E-state index contributed by atoms with van der Waals surface area (Å²) in [7, 11) is 1.63. The minimum absolute atomic E-state index is 0.273. The highest BCUT2D eigenvalue weighted by molar-refractivity contribution is 7.17. The number of rotatable bonds is 6. The number of esters is 1. The van der Waals surface area contributed by atoms with Crippen LogP contribution in [-0.2, 0) is 17.6 Å². The Bertz CT molecular complexity index is 1430. The molecule has 0 spiro atoms. The molecule has 0 unspecified atom stereocenters. The van der Waals surface area contributed by atoms with Gasteiger partial charge < -0.3 is 14.8 Å². The van der Waals surface area contributed by atoms with Crippen LogP contribution in [0.25, 0.3) is 22.2 Å². The molecule has 2 heterocycles. The van der Waals surface area contributed by atoms with Crippen molar-refractivity contribution in [2.45, 2.75) is 39.0 Å². The van der Waals surface area contributed by atoms with Crippen molar-refractivity contribution in [3.8, 4) is 17.0 Å². The molecule has 6 nitrogen and oxygen atoms in total. The fourth-order valence-corrected chi connectivity index (χ4v) is 5.97. The summed E-state index contributed by atoms with van der Waals surface area (Å²) >= 11 is 1.50. The number of hydrogen-bond acceptors (Lipinski definition) is 6. The number of methoxy groups -OCH3 is 1. The summed E-state index contributed by atoms with van der Waals surface area (Å²) in [5, 5.41) is 4.38. The number of fused-ring (bicyclic) bond motifs is 2. The summed E-state index contributed by atoms with van der Waals surface area (Å²) in [6.45, 7) is 2.09. The van der Waals surface area contributed by atoms with Crippen molar-refractivity contribution in [1.29, 1.82) is 0 Å². The number of amides is 1. The number of anilines is 1. The van der Waals surface area contributed by atoms with E-state index in [4.69, 9.17) is 14.5 Å². The van der Waals surface area contributed by atoms with Crippen molar-refractivity contribution in [3.05, 3.63) is 76.2 Å². The average molecular weight is 501 g/mol. The van der Waals surface area contributed by atoms with Crippen LogP contribution in [0, 0.1) is 0 Å². The van der Waals surface area contributed by atoms with Crippen LogP contribution in [0.5, 0.6) is 5.75 Å². The van der Waals surface area contributed by atoms with Crippen molar-refractivity contribution in [2.24, 2.45) is 0 Å². The highest BCUT2D eigenvalue weighted by Crippen LogP contribution is 2.38. The Kier molecular flexibility index (Phi) is 7.00. The zero-order chi connectivity index (χ0) is 25.1. The van der Waals surface area contributed by atoms with Gasteiger partial charge >= 0.3 is 5.97 Å². The molecule has 0 radical (unpaired) electrons. The first-order valence-corrected chi connectivity index (χ1v) is 13.1. The van der Waals surface area contributed by atoms with Gasteiger partial charge in [0.25, 0.3) is 5.91 Å². The largest absolute Gasteiger partial charge is 0.497 e. The standard InChI is InChI=1S/C29H28N2O4S/c1-3-35-29(33)26-21-10-5-4-6-12-25(21)36-28(26)31-27(32)22-17-24(18-13-15-19(34-2)16-14-18)30-23-11-8-7-9-20(22)23/h7-9,11,13-17H,3-6,10,12H2,1-2H3,(H,31,32). The summed E-state index contributed by atoms with van der Waals surface area (Å²) in [6.07, 6.45) is 5.01. The summed E-state index contributed by atoms with van der Waals surface area (Å²) in [5.74, 6) is 0.109. The lowest BCUT2D eigenvalue weighted by molar-refractivity contribution is 0.0527. The number of ether oxygens (including phenoxy) is 2. The van der Waals surface area contributed by atoms with Gasteiger partial charge in [-0.15, -0.1) is 11.3 Å². The van der Waals surface area contributed by atoms with Crippen molar-refractivity contribution < 1.29 is 19.1 Å². The fraction of sp³-hybridized carbons (Fsp3) is 0.276. The molecule has 7 heteroatoms. The monoisotopic (exact) mass is 500 g/mol. The first-order chi connectivity index (χ1) is 17.6. The molecule has 2 aromatic heterocycles. The third kappa shape index (κ3) is 4.71. The minimum Gasteiger partial charge on any atom is -0.497 e. The van der Waals surface area contributed by atoms with Crippen molar-refractivity contribution in [2.75, 3.05) is 19.0 Å². The van der Waals surface area contributed by atoms with Gasteiger partial charge in [0.1, 0.15) is 10.8 Å². The Balaban J connectivity index is 1.56. The maximum Gasteiger partial charge on any atom is 0.341 e. The van der Waals surface area contributed by atoms with Crippen LogP contribution in [0.15, 0.2) is 54.6 Å². The predicted octanol–water partition coefficient (Wildman–Crippen LogP) is 6.67. The molecule has 36 heavy (non-hydrogen) atoms. The molecule has 0 saturated carbocycles. The van der Waals surface area contributed by atoms with Crippen LogP contribution in [0.3, 0.4) is 0 Å². The van der Waals surface area contributed by atoms with Gasteiger partial charge in [0.05, 0.1) is 36.1 Å². The van der Waals surface area contributed by atoms with Crippen molar-refractivity contribution in [3.63, 3.8) is 0 Å². The molecule has 1 aliphatic rings. The molecule has 0 atom stereocenters. The first-order valence-electron chi connectivity index (χ1n) is 12.3. The Labute approximate surface area is 214 Å². The van der Waals surface area contributed by atoms with Gasteiger partial charge in [0.15, 0.2) is 0 Å². The van der Waals surface area contributed by atoms with E-state index in [2.05, 4.69) is 5.32 Å². The van der Waals surface area contributed by atoms with E-state index < -0.39 is 0 Å². The van der Waals surface area contributed by atoms with Crippen LogP contribution in [-0.4, -0.2) is 30.6 Å². The zero-order valence-corrected chi connectivity index (χ0v) is 21.2. The third-order valence-electron chi connectivity index (χ3n) is 6.47. The van der Waals surface area contributed by atoms with E-state index in [9.17, 15) is 9.59 Å². The van der Waals surface area contributed by atoms with Gasteiger partial charge in [0.2, 0.25) is 0 Å². The molecule has 1 aliphatic carbocycles. The fourth-order valence-electron chi connectivity index (χ4n) is 4.69. The van der Waals surface area contributed by atoms with Gasteiger partial charge in [-0.25, -0.2) is 9.78 Å². The summed E-state index contributed by atoms with van der Waals surface area (Å²) in [4.78, 5) is 32.6. The van der Waals surface area contributed by atoms with Gasteiger partial charge in [-0.05, 0) is 74.6 Å². The highest BCUT2D eigenvalue weighted by atomic mass is 32.1. The Morgan fingerprint density at radius 1 is 1.03 bits per heavy atom. The van der Waals surface area contributed by atoms with Gasteiger partial charge in [-0.2, -0.15) is 0 Å². The SMILES string of the molecule is CCOC(=O)c1c(NC(=O)c2cc(-c3ccc(OC)cc3)nc3ccccc23)sc2c1CCCCC2. The molecule has 184 valence electrons. The maximum absolute atomic E-state index is 13.7. The smallest absolute Gasteiger partial charge is 0.341 e. The lowest BCUT2D eigenvalue weighted by atomic mass is 10.0. The molecule has 0 aliphatic heterocycles. The molecule has 0 fully saturated rings. The Morgan fingerprint density at radius 3 is 2.58 bits per heavy atom. The molecular formula is C29H28N2O4S. The second-order valence-electron chi connectivity index (χ2n) is 8.74. The van der Waals surface area contributed by atoms with E-state index in [1.807, 2.05) is 54.6 Å². The molecule has 0 bridgehead atoms. The minimum atomic E-state index is -0.370. The second kappa shape index (κ2) is 10.5. The number of thiophene rings is 1. The molecular weight excluding hydrogens is 472 g/mol. The van der Waals surface area contributed by atoms with Gasteiger partial charge in [-0.3, -0.25) is 4.79 Å². The van der Waals surface area contributed by atoms with E-state index in [-0.39, 0.29) is 18.5 Å². The molecule has 5 rings (SSSR count). The van der Waals surface area contributed by atoms with Crippen molar-refractivity contribution in [1.82, 2.24) is 4.98 Å². The molecule has 4 aromatic rings. The van der Waals surface area contributed by atoms with E-state index in [1.54, 1.807) is 14.0 Å². The number of carbonyl (C=O) groups is 2. The van der Waals surface area contributed by atoms with Gasteiger partial charge in [-0.1, -0.05) is 24.6 Å². The molecule has 1 N–H and O–H groups in total. The van der Waals surface area contributed by atoms with Crippen LogP contribution in [0.2, 0.25) is 0 Å². The van der Waals surface area contributed by atoms with Crippen LogP contribution < -0.4 is 10.1 Å². The number of benzene rings is 2. The van der Waals surface area contributed by atoms with Crippen LogP contribution in [0.4, 0.5) is 5.00 Å². The van der Waals surface area contributed by atoms with E-state index >= 15 is 0 Å². The lowest BCUT2D eigenvalue weighted by Crippen LogP contribution is -2.16. The van der Waals surface area contributed by atoms with Crippen LogP contribution in [0.1, 0.15) is 57.3 Å². The summed E-state index contributed by atoms with van der Waals surface area (Å²) in [6, 6.07) is 17.0. The quantitative estimate of drug-likeness (QED) is 0.236. The number of para-hydroxylation sites is 1. The molecule has 2 aromatic carbocycles. The van der Waals surface area contributed by atoms with E-state index in [0.717, 1.165) is 59.9 Å². The highest BCUT2D eigenvalue weighted by Gasteiger charge is 2.27. The third-order valence-corrected chi connectivity index (χ3v) is 7.68. The second-order valence-corrected chi connectivity index (χ2v) is 9.85. The number of hydrogen-bond donors (Lipinski definition) is 1. The zero-order valence-electron chi connectivity index (χ0n) is 20.4. The number of carbonyl (C=O) groups excluding carboxylic acids is 2. The van der Waals surface area contributed by atoms with Crippen molar-refractivity contribution >= 4 is 39.1 Å². The summed E-state index contributed by atoms with van der Waals surface area (Å²) in [5.41, 5.74) is 4.35. The number of aromatic nitrogens is 1. The first kappa shape index (κ1) is 24.0. The molecule has 1 amide bonds. The maximum atomic E-state index is 13.7. The predicted molar refractivity (Wildman–Crippen MR) is 143 cm³/mol. The topological polar surface area (TPSA) is 77.5 Å². The number of nitrogens with zero attached hydrogens (tertiary/aromatic N) is 1. The number of pyridine rings is 1. The van der Waals surface area contributed by atoms with Gasteiger partial charge in [0, 0.05) is 15.8 Å². The van der Waals surface area contributed by atoms with E-state index in [0.29, 0.717) is 21.8 Å². The summed E-state index contributed by atoms with van der Waals surface area (Å²) < 4.78 is 10.7.